The number of carboxylic acids is 1. The van der Waals surface area contributed by atoms with E-state index >= 15 is 0 Å². The van der Waals surface area contributed by atoms with Gasteiger partial charge in [-0.25, -0.2) is 0 Å². The first-order valence-electron chi connectivity index (χ1n) is 6.77. The summed E-state index contributed by atoms with van der Waals surface area (Å²) in [6.07, 6.45) is -4.05. The van der Waals surface area contributed by atoms with Gasteiger partial charge in [0, 0.05) is 0 Å². The highest BCUT2D eigenvalue weighted by atomic mass is 16.5. The Labute approximate surface area is 117 Å². The van der Waals surface area contributed by atoms with Crippen molar-refractivity contribution >= 4 is 5.97 Å². The molecular formula is C12H24N2O6. The summed E-state index contributed by atoms with van der Waals surface area (Å²) >= 11 is 0. The summed E-state index contributed by atoms with van der Waals surface area (Å²) in [6.45, 7) is 2.02. The van der Waals surface area contributed by atoms with E-state index in [2.05, 4.69) is 5.32 Å². The number of carboxylic acid groups (broad SMARTS) is 1. The molecule has 1 rings (SSSR count). The number of ether oxygens (including phenoxy) is 1. The molecule has 1 aliphatic heterocycles. The molecule has 1 fully saturated rings. The zero-order valence-corrected chi connectivity index (χ0v) is 11.5. The van der Waals surface area contributed by atoms with Crippen LogP contribution in [0.4, 0.5) is 0 Å². The molecule has 0 aromatic carbocycles. The number of aliphatic carboxylic acids is 1. The van der Waals surface area contributed by atoms with E-state index < -0.39 is 42.7 Å². The molecule has 1 heterocycles. The van der Waals surface area contributed by atoms with Crippen molar-refractivity contribution in [1.29, 1.82) is 0 Å². The van der Waals surface area contributed by atoms with Crippen LogP contribution in [-0.4, -0.2) is 69.6 Å². The summed E-state index contributed by atoms with van der Waals surface area (Å²) in [6, 6.07) is -0.907. The number of rotatable bonds is 7. The average molecular weight is 292 g/mol. The van der Waals surface area contributed by atoms with E-state index in [1.54, 1.807) is 6.92 Å². The molecule has 7 N–H and O–H groups in total. The van der Waals surface area contributed by atoms with Crippen molar-refractivity contribution in [2.45, 2.75) is 62.9 Å². The van der Waals surface area contributed by atoms with Crippen LogP contribution < -0.4 is 11.1 Å². The second-order valence-electron chi connectivity index (χ2n) is 5.08. The first-order chi connectivity index (χ1) is 9.38. The van der Waals surface area contributed by atoms with Crippen molar-refractivity contribution in [2.75, 3.05) is 6.54 Å². The number of hydrogen-bond donors (Lipinski definition) is 6. The summed E-state index contributed by atoms with van der Waals surface area (Å²) in [4.78, 5) is 11.2. The van der Waals surface area contributed by atoms with Gasteiger partial charge in [0.2, 0.25) is 0 Å². The summed E-state index contributed by atoms with van der Waals surface area (Å²) in [5.41, 5.74) is 5.36. The predicted octanol–water partition coefficient (Wildman–Crippen LogP) is -2.01. The van der Waals surface area contributed by atoms with Gasteiger partial charge in [-0.3, -0.25) is 10.1 Å². The second-order valence-corrected chi connectivity index (χ2v) is 5.08. The van der Waals surface area contributed by atoms with Gasteiger partial charge in [0.1, 0.15) is 30.6 Å². The number of aliphatic hydroxyl groups excluding tert-OH is 3. The van der Waals surface area contributed by atoms with Crippen LogP contribution in [0.5, 0.6) is 0 Å². The van der Waals surface area contributed by atoms with Crippen molar-refractivity contribution < 1.29 is 30.0 Å². The molecule has 8 nitrogen and oxygen atoms in total. The van der Waals surface area contributed by atoms with Gasteiger partial charge >= 0.3 is 5.97 Å². The minimum atomic E-state index is -1.39. The Balaban J connectivity index is 2.60. The lowest BCUT2D eigenvalue weighted by atomic mass is 9.98. The molecule has 0 aliphatic carbocycles. The third kappa shape index (κ3) is 4.37. The van der Waals surface area contributed by atoms with Gasteiger partial charge in [0.05, 0.1) is 6.10 Å². The van der Waals surface area contributed by atoms with Crippen molar-refractivity contribution in [1.82, 2.24) is 5.32 Å². The molecule has 1 aliphatic rings. The van der Waals surface area contributed by atoms with Gasteiger partial charge in [0.25, 0.3) is 0 Å². The van der Waals surface area contributed by atoms with E-state index in [4.69, 9.17) is 15.6 Å². The van der Waals surface area contributed by atoms with Crippen LogP contribution in [0.1, 0.15) is 26.2 Å². The Bertz CT molecular complexity index is 316. The first kappa shape index (κ1) is 17.3. The van der Waals surface area contributed by atoms with Crippen molar-refractivity contribution in [3.8, 4) is 0 Å². The van der Waals surface area contributed by atoms with Gasteiger partial charge in [-0.2, -0.15) is 0 Å². The SMILES string of the molecule is C[C@@H]1O[C@@H](N[C@@H](CCCCN)C(=O)O)[C@H](O)[C@H](O)[C@H]1O. The van der Waals surface area contributed by atoms with Gasteiger partial charge in [0.15, 0.2) is 0 Å². The summed E-state index contributed by atoms with van der Waals surface area (Å²) in [5.74, 6) is -1.06. The molecule has 0 spiro atoms. The third-order valence-electron chi connectivity index (χ3n) is 3.46. The lowest BCUT2D eigenvalue weighted by Gasteiger charge is -2.40. The van der Waals surface area contributed by atoms with E-state index in [0.717, 1.165) is 0 Å². The Morgan fingerprint density at radius 3 is 2.45 bits per heavy atom. The predicted molar refractivity (Wildman–Crippen MR) is 69.8 cm³/mol. The Kier molecular flexibility index (Phi) is 6.80. The standard InChI is InChI=1S/C12H24N2O6/c1-6-8(15)9(16)10(17)11(20-6)14-7(12(18)19)4-2-3-5-13/h6-11,14-17H,2-5,13H2,1H3,(H,18,19)/t6-,7-,8-,9+,10+,11+/m0/s1. The van der Waals surface area contributed by atoms with Crippen LogP contribution in [0.2, 0.25) is 0 Å². The maximum absolute atomic E-state index is 11.2. The monoisotopic (exact) mass is 292 g/mol. The lowest BCUT2D eigenvalue weighted by molar-refractivity contribution is -0.227. The molecule has 118 valence electrons. The Morgan fingerprint density at radius 2 is 1.90 bits per heavy atom. The molecule has 0 aromatic rings. The van der Waals surface area contributed by atoms with Crippen LogP contribution in [0.3, 0.4) is 0 Å². The van der Waals surface area contributed by atoms with E-state index in [1.165, 1.54) is 0 Å². The van der Waals surface area contributed by atoms with Gasteiger partial charge in [-0.15, -0.1) is 0 Å². The molecule has 1 saturated heterocycles. The van der Waals surface area contributed by atoms with E-state index in [1.807, 2.05) is 0 Å². The molecular weight excluding hydrogens is 268 g/mol. The van der Waals surface area contributed by atoms with Crippen LogP contribution in [0.25, 0.3) is 0 Å². The number of aliphatic hydroxyl groups is 3. The van der Waals surface area contributed by atoms with Crippen molar-refractivity contribution in [2.24, 2.45) is 5.73 Å². The highest BCUT2D eigenvalue weighted by Gasteiger charge is 2.42. The lowest BCUT2D eigenvalue weighted by Crippen LogP contribution is -2.63. The largest absolute Gasteiger partial charge is 0.480 e. The van der Waals surface area contributed by atoms with Crippen LogP contribution >= 0.6 is 0 Å². The second kappa shape index (κ2) is 7.87. The Hall–Kier alpha value is -0.770. The van der Waals surface area contributed by atoms with E-state index in [9.17, 15) is 20.1 Å². The Morgan fingerprint density at radius 1 is 1.25 bits per heavy atom. The number of carbonyl (C=O) groups is 1. The normalized spacial score (nSPS) is 35.8. The number of unbranched alkanes of at least 4 members (excludes halogenated alkanes) is 1. The molecule has 8 heteroatoms. The van der Waals surface area contributed by atoms with E-state index in [0.29, 0.717) is 25.8 Å². The van der Waals surface area contributed by atoms with E-state index in [-0.39, 0.29) is 0 Å². The summed E-state index contributed by atoms with van der Waals surface area (Å²) < 4.78 is 5.31. The van der Waals surface area contributed by atoms with Crippen molar-refractivity contribution in [3.05, 3.63) is 0 Å². The smallest absolute Gasteiger partial charge is 0.320 e. The molecule has 0 unspecified atom stereocenters. The zero-order valence-electron chi connectivity index (χ0n) is 11.5. The summed E-state index contributed by atoms with van der Waals surface area (Å²) in [7, 11) is 0. The van der Waals surface area contributed by atoms with Crippen molar-refractivity contribution in [3.63, 3.8) is 0 Å². The molecule has 6 atom stereocenters. The molecule has 0 amide bonds. The maximum Gasteiger partial charge on any atom is 0.320 e. The van der Waals surface area contributed by atoms with Crippen LogP contribution in [0, 0.1) is 0 Å². The quantitative estimate of drug-likeness (QED) is 0.295. The fraction of sp³-hybridized carbons (Fsp3) is 0.917. The van der Waals surface area contributed by atoms with Gasteiger partial charge in [-0.1, -0.05) is 6.42 Å². The fourth-order valence-corrected chi connectivity index (χ4v) is 2.16. The van der Waals surface area contributed by atoms with Crippen LogP contribution in [0.15, 0.2) is 0 Å². The minimum Gasteiger partial charge on any atom is -0.480 e. The maximum atomic E-state index is 11.2. The fourth-order valence-electron chi connectivity index (χ4n) is 2.16. The van der Waals surface area contributed by atoms with Gasteiger partial charge < -0.3 is 30.9 Å². The topological polar surface area (TPSA) is 145 Å². The number of nitrogens with one attached hydrogen (secondary N) is 1. The minimum absolute atomic E-state index is 0.339. The van der Waals surface area contributed by atoms with Crippen LogP contribution in [-0.2, 0) is 9.53 Å². The molecule has 0 bridgehead atoms. The molecule has 0 saturated carbocycles. The number of nitrogens with two attached hydrogens (primary N) is 1. The first-order valence-corrected chi connectivity index (χ1v) is 6.77. The molecule has 0 aromatic heterocycles. The third-order valence-corrected chi connectivity index (χ3v) is 3.46. The average Bonchev–Trinajstić information content (AvgIpc) is 2.40. The number of hydrogen-bond acceptors (Lipinski definition) is 7. The zero-order chi connectivity index (χ0) is 15.3. The molecule has 0 radical (unpaired) electrons. The highest BCUT2D eigenvalue weighted by molar-refractivity contribution is 5.73. The highest BCUT2D eigenvalue weighted by Crippen LogP contribution is 2.20. The summed E-state index contributed by atoms with van der Waals surface area (Å²) in [5, 5.41) is 40.8. The molecule has 20 heavy (non-hydrogen) atoms. The van der Waals surface area contributed by atoms with Gasteiger partial charge in [-0.05, 0) is 26.3 Å².